The molecule has 2 aromatic heterocycles. The summed E-state index contributed by atoms with van der Waals surface area (Å²) in [7, 11) is 0. The van der Waals surface area contributed by atoms with Gasteiger partial charge in [-0.25, -0.2) is 4.98 Å². The van der Waals surface area contributed by atoms with E-state index in [0.717, 1.165) is 22.4 Å². The molecule has 0 aliphatic carbocycles. The maximum Gasteiger partial charge on any atom is 0.248 e. The Hall–Kier alpha value is -3.88. The highest BCUT2D eigenvalue weighted by molar-refractivity contribution is 7.07. The van der Waals surface area contributed by atoms with Crippen LogP contribution in [-0.4, -0.2) is 27.8 Å². The molecule has 4 aromatic rings. The predicted octanol–water partition coefficient (Wildman–Crippen LogP) is 3.64. The molecule has 1 atom stereocenters. The number of nitrogens with zero attached hydrogens (tertiary/aromatic N) is 2. The molecule has 2 aromatic carbocycles. The van der Waals surface area contributed by atoms with Gasteiger partial charge >= 0.3 is 0 Å². The van der Waals surface area contributed by atoms with Gasteiger partial charge in [-0.2, -0.15) is 0 Å². The fourth-order valence-electron chi connectivity index (χ4n) is 3.44. The Balaban J connectivity index is 1.58. The van der Waals surface area contributed by atoms with Gasteiger partial charge in [0.25, 0.3) is 0 Å². The van der Waals surface area contributed by atoms with Crippen LogP contribution < -0.4 is 16.4 Å². The zero-order chi connectivity index (χ0) is 23.0. The minimum absolute atomic E-state index is 0.212. The minimum atomic E-state index is -0.566. The Bertz CT molecular complexity index is 1210. The van der Waals surface area contributed by atoms with Gasteiger partial charge in [0.05, 0.1) is 17.2 Å². The van der Waals surface area contributed by atoms with Gasteiger partial charge < -0.3 is 11.1 Å². The number of carbonyl (C=O) groups excluding carboxylic acids is 2. The molecule has 0 radical (unpaired) electrons. The summed E-state index contributed by atoms with van der Waals surface area (Å²) in [5.74, 6) is -0.778. The summed E-state index contributed by atoms with van der Waals surface area (Å²) in [6.07, 6.45) is 3.84. The zero-order valence-corrected chi connectivity index (χ0v) is 18.6. The van der Waals surface area contributed by atoms with Crippen molar-refractivity contribution in [2.24, 2.45) is 5.73 Å². The van der Waals surface area contributed by atoms with Crippen LogP contribution in [0, 0.1) is 0 Å². The Labute approximate surface area is 195 Å². The molecule has 0 aliphatic heterocycles. The summed E-state index contributed by atoms with van der Waals surface area (Å²) in [5.41, 5.74) is 11.7. The van der Waals surface area contributed by atoms with Gasteiger partial charge in [-0.3, -0.25) is 19.9 Å². The van der Waals surface area contributed by atoms with Crippen LogP contribution in [0.15, 0.2) is 83.9 Å². The number of thiazole rings is 1. The molecule has 2 heterocycles. The number of rotatable bonds is 9. The number of hydrogen-bond acceptors (Lipinski definition) is 6. The van der Waals surface area contributed by atoms with Gasteiger partial charge in [0, 0.05) is 35.6 Å². The first-order valence-electron chi connectivity index (χ1n) is 10.4. The quantitative estimate of drug-likeness (QED) is 0.355. The highest BCUT2D eigenvalue weighted by Gasteiger charge is 2.20. The third-order valence-electron chi connectivity index (χ3n) is 5.11. The van der Waals surface area contributed by atoms with Crippen molar-refractivity contribution in [3.63, 3.8) is 0 Å². The topological polar surface area (TPSA) is 110 Å². The Kier molecular flexibility index (Phi) is 7.19. The Morgan fingerprint density at radius 2 is 1.79 bits per heavy atom. The average molecular weight is 458 g/mol. The van der Waals surface area contributed by atoms with Crippen molar-refractivity contribution in [2.45, 2.75) is 19.0 Å². The number of amides is 2. The van der Waals surface area contributed by atoms with Gasteiger partial charge in [-0.1, -0.05) is 30.3 Å². The van der Waals surface area contributed by atoms with Gasteiger partial charge in [-0.05, 0) is 53.4 Å². The number of hydrogen-bond donors (Lipinski definition) is 3. The third kappa shape index (κ3) is 6.09. The summed E-state index contributed by atoms with van der Waals surface area (Å²) >= 11 is 1.51. The molecule has 4 rings (SSSR count). The summed E-state index contributed by atoms with van der Waals surface area (Å²) in [4.78, 5) is 33.5. The van der Waals surface area contributed by atoms with Crippen LogP contribution >= 0.6 is 11.3 Å². The predicted molar refractivity (Wildman–Crippen MR) is 130 cm³/mol. The zero-order valence-electron chi connectivity index (χ0n) is 17.8. The van der Waals surface area contributed by atoms with E-state index >= 15 is 0 Å². The van der Waals surface area contributed by atoms with E-state index in [1.807, 2.05) is 53.9 Å². The molecule has 0 bridgehead atoms. The van der Waals surface area contributed by atoms with Crippen molar-refractivity contribution in [3.05, 3.63) is 101 Å². The lowest BCUT2D eigenvalue weighted by Crippen LogP contribution is -2.42. The molecular formula is C25H23N5O2S. The molecule has 0 spiro atoms. The number of carbonyl (C=O) groups is 2. The molecule has 4 N–H and O–H groups in total. The van der Waals surface area contributed by atoms with E-state index in [9.17, 15) is 9.59 Å². The van der Waals surface area contributed by atoms with Crippen molar-refractivity contribution >= 4 is 28.8 Å². The highest BCUT2D eigenvalue weighted by Crippen LogP contribution is 2.25. The fourth-order valence-corrected chi connectivity index (χ4v) is 4.00. The molecule has 33 heavy (non-hydrogen) atoms. The van der Waals surface area contributed by atoms with Crippen molar-refractivity contribution in [1.82, 2.24) is 15.3 Å². The Morgan fingerprint density at radius 1 is 1.00 bits per heavy atom. The fraction of sp³-hybridized carbons (Fsp3) is 0.120. The van der Waals surface area contributed by atoms with Crippen molar-refractivity contribution < 1.29 is 9.59 Å². The van der Waals surface area contributed by atoms with E-state index in [1.54, 1.807) is 30.0 Å². The number of nitrogens with one attached hydrogen (secondary N) is 2. The van der Waals surface area contributed by atoms with E-state index in [-0.39, 0.29) is 5.91 Å². The van der Waals surface area contributed by atoms with Crippen molar-refractivity contribution in [1.29, 1.82) is 0 Å². The van der Waals surface area contributed by atoms with E-state index in [4.69, 9.17) is 5.73 Å². The van der Waals surface area contributed by atoms with Crippen LogP contribution in [0.3, 0.4) is 0 Å². The summed E-state index contributed by atoms with van der Waals surface area (Å²) in [5, 5.41) is 8.21. The Morgan fingerprint density at radius 3 is 2.48 bits per heavy atom. The summed E-state index contributed by atoms with van der Waals surface area (Å²) in [6.45, 7) is 0.470. The lowest BCUT2D eigenvalue weighted by Gasteiger charge is -2.19. The molecule has 1 unspecified atom stereocenters. The van der Waals surface area contributed by atoms with E-state index in [0.29, 0.717) is 24.2 Å². The summed E-state index contributed by atoms with van der Waals surface area (Å²) < 4.78 is 0. The van der Waals surface area contributed by atoms with Crippen molar-refractivity contribution in [3.8, 4) is 11.1 Å². The van der Waals surface area contributed by atoms with Gasteiger partial charge in [0.1, 0.15) is 0 Å². The molecule has 0 saturated carbocycles. The maximum absolute atomic E-state index is 13.3. The second-order valence-corrected chi connectivity index (χ2v) is 8.21. The molecular weight excluding hydrogens is 434 g/mol. The maximum atomic E-state index is 13.3. The third-order valence-corrected chi connectivity index (χ3v) is 5.75. The van der Waals surface area contributed by atoms with Gasteiger partial charge in [-0.15, -0.1) is 11.3 Å². The first kappa shape index (κ1) is 22.3. The molecule has 0 aliphatic rings. The molecule has 0 fully saturated rings. The molecule has 2 amide bonds. The number of benzene rings is 2. The van der Waals surface area contributed by atoms with Crippen LogP contribution in [-0.2, 0) is 17.8 Å². The number of aromatic nitrogens is 2. The van der Waals surface area contributed by atoms with Gasteiger partial charge in [0.2, 0.25) is 11.8 Å². The van der Waals surface area contributed by atoms with Gasteiger partial charge in [0.15, 0.2) is 0 Å². The van der Waals surface area contributed by atoms with Crippen LogP contribution in [0.5, 0.6) is 0 Å². The van der Waals surface area contributed by atoms with Crippen molar-refractivity contribution in [2.75, 3.05) is 5.32 Å². The minimum Gasteiger partial charge on any atom is -0.366 e. The number of nitrogens with two attached hydrogens (primary N) is 1. The standard InChI is InChI=1S/C25H23N5O2S/c26-24(31)20-11-19(18-6-8-27-9-7-18)12-21(13-20)30-25(32)23(10-17-4-2-1-3-5-17)28-14-22-15-33-16-29-22/h1-9,11-13,15-16,23,28H,10,14H2,(H2,26,31)(H,30,32). The molecule has 166 valence electrons. The SMILES string of the molecule is NC(=O)c1cc(NC(=O)C(Cc2ccccc2)NCc2cscn2)cc(-c2ccncc2)c1. The largest absolute Gasteiger partial charge is 0.366 e. The monoisotopic (exact) mass is 457 g/mol. The summed E-state index contributed by atoms with van der Waals surface area (Å²) in [6, 6.07) is 18.1. The second-order valence-electron chi connectivity index (χ2n) is 7.49. The van der Waals surface area contributed by atoms with Crippen LogP contribution in [0.1, 0.15) is 21.6 Å². The van der Waals surface area contributed by atoms with E-state index in [1.165, 1.54) is 11.3 Å². The van der Waals surface area contributed by atoms with E-state index < -0.39 is 11.9 Å². The number of anilines is 1. The molecule has 7 nitrogen and oxygen atoms in total. The first-order valence-corrected chi connectivity index (χ1v) is 11.3. The lowest BCUT2D eigenvalue weighted by atomic mass is 10.0. The lowest BCUT2D eigenvalue weighted by molar-refractivity contribution is -0.118. The van der Waals surface area contributed by atoms with Crippen LogP contribution in [0.4, 0.5) is 5.69 Å². The molecule has 8 heteroatoms. The normalized spacial score (nSPS) is 11.6. The van der Waals surface area contributed by atoms with Crippen LogP contribution in [0.25, 0.3) is 11.1 Å². The second kappa shape index (κ2) is 10.6. The van der Waals surface area contributed by atoms with E-state index in [2.05, 4.69) is 20.6 Å². The van der Waals surface area contributed by atoms with Crippen LogP contribution in [0.2, 0.25) is 0 Å². The smallest absolute Gasteiger partial charge is 0.248 e. The highest BCUT2D eigenvalue weighted by atomic mass is 32.1. The molecule has 0 saturated heterocycles. The number of pyridine rings is 1. The first-order chi connectivity index (χ1) is 16.1. The number of primary amides is 1. The average Bonchev–Trinajstić information content (AvgIpc) is 3.36.